The highest BCUT2D eigenvalue weighted by Crippen LogP contribution is 2.47. The van der Waals surface area contributed by atoms with Crippen molar-refractivity contribution in [1.82, 2.24) is 9.80 Å². The van der Waals surface area contributed by atoms with Crippen molar-refractivity contribution in [3.63, 3.8) is 0 Å². The van der Waals surface area contributed by atoms with E-state index in [1.807, 2.05) is 0 Å². The highest BCUT2D eigenvalue weighted by molar-refractivity contribution is 4.99. The Morgan fingerprint density at radius 3 is 2.29 bits per heavy atom. The molecular weight excluding hydrogens is 212 g/mol. The van der Waals surface area contributed by atoms with Gasteiger partial charge in [0, 0.05) is 44.7 Å². The van der Waals surface area contributed by atoms with Crippen LogP contribution in [0.2, 0.25) is 0 Å². The van der Waals surface area contributed by atoms with E-state index < -0.39 is 0 Å². The normalized spacial score (nSPS) is 36.4. The van der Waals surface area contributed by atoms with E-state index in [-0.39, 0.29) is 0 Å². The van der Waals surface area contributed by atoms with Crippen molar-refractivity contribution < 1.29 is 4.74 Å². The topological polar surface area (TPSA) is 15.7 Å². The second-order valence-corrected chi connectivity index (χ2v) is 6.57. The Bertz CT molecular complexity index is 263. The minimum Gasteiger partial charge on any atom is -0.381 e. The highest BCUT2D eigenvalue weighted by Gasteiger charge is 2.47. The van der Waals surface area contributed by atoms with Crippen LogP contribution in [0.1, 0.15) is 19.8 Å². The largest absolute Gasteiger partial charge is 0.381 e. The van der Waals surface area contributed by atoms with Crippen molar-refractivity contribution in [2.45, 2.75) is 19.8 Å². The molecule has 0 aromatic heterocycles. The summed E-state index contributed by atoms with van der Waals surface area (Å²) in [6, 6.07) is 0. The molecule has 1 saturated carbocycles. The number of hydrogen-bond donors (Lipinski definition) is 0. The molecule has 0 spiro atoms. The minimum absolute atomic E-state index is 0.542. The van der Waals surface area contributed by atoms with E-state index in [4.69, 9.17) is 4.74 Å². The monoisotopic (exact) mass is 238 g/mol. The van der Waals surface area contributed by atoms with Crippen LogP contribution in [0.5, 0.6) is 0 Å². The third-order valence-electron chi connectivity index (χ3n) is 4.87. The molecule has 2 heterocycles. The minimum atomic E-state index is 0.542. The van der Waals surface area contributed by atoms with Gasteiger partial charge in [0.05, 0.1) is 6.61 Å². The predicted octanol–water partition coefficient (Wildman–Crippen LogP) is 1.30. The SMILES string of the molecule is CCOCC1(CN2CC3CN(C)CC3C2)CC1. The lowest BCUT2D eigenvalue weighted by molar-refractivity contribution is 0.0810. The van der Waals surface area contributed by atoms with Gasteiger partial charge >= 0.3 is 0 Å². The van der Waals surface area contributed by atoms with Gasteiger partial charge in [-0.15, -0.1) is 0 Å². The fraction of sp³-hybridized carbons (Fsp3) is 1.00. The van der Waals surface area contributed by atoms with E-state index in [0.717, 1.165) is 25.0 Å². The summed E-state index contributed by atoms with van der Waals surface area (Å²) in [5.74, 6) is 1.89. The van der Waals surface area contributed by atoms with Crippen LogP contribution in [0.4, 0.5) is 0 Å². The van der Waals surface area contributed by atoms with E-state index in [1.165, 1.54) is 45.6 Å². The van der Waals surface area contributed by atoms with Crippen LogP contribution in [0, 0.1) is 17.3 Å². The molecule has 0 aromatic carbocycles. The first kappa shape index (κ1) is 11.9. The standard InChI is InChI=1S/C14H26N2O/c1-3-17-11-14(4-5-14)10-16-8-12-6-15(2)7-13(12)9-16/h12-13H,3-11H2,1-2H3. The Morgan fingerprint density at radius 1 is 1.12 bits per heavy atom. The lowest BCUT2D eigenvalue weighted by Gasteiger charge is -2.24. The third-order valence-corrected chi connectivity index (χ3v) is 4.87. The zero-order chi connectivity index (χ0) is 11.9. The average molecular weight is 238 g/mol. The Hall–Kier alpha value is -0.120. The molecule has 98 valence electrons. The predicted molar refractivity (Wildman–Crippen MR) is 69.1 cm³/mol. The molecule has 17 heavy (non-hydrogen) atoms. The van der Waals surface area contributed by atoms with E-state index in [0.29, 0.717) is 5.41 Å². The van der Waals surface area contributed by atoms with Gasteiger partial charge in [0.15, 0.2) is 0 Å². The quantitative estimate of drug-likeness (QED) is 0.718. The molecule has 0 amide bonds. The maximum Gasteiger partial charge on any atom is 0.0534 e. The van der Waals surface area contributed by atoms with Crippen molar-refractivity contribution in [1.29, 1.82) is 0 Å². The zero-order valence-electron chi connectivity index (χ0n) is 11.3. The van der Waals surface area contributed by atoms with Crippen LogP contribution in [0.15, 0.2) is 0 Å². The van der Waals surface area contributed by atoms with Crippen LogP contribution in [-0.2, 0) is 4.74 Å². The molecule has 3 nitrogen and oxygen atoms in total. The van der Waals surface area contributed by atoms with Crippen molar-refractivity contribution in [3.05, 3.63) is 0 Å². The van der Waals surface area contributed by atoms with Gasteiger partial charge in [0.2, 0.25) is 0 Å². The van der Waals surface area contributed by atoms with Gasteiger partial charge in [-0.1, -0.05) is 0 Å². The summed E-state index contributed by atoms with van der Waals surface area (Å²) in [6.07, 6.45) is 2.78. The van der Waals surface area contributed by atoms with Gasteiger partial charge in [0.1, 0.15) is 0 Å². The van der Waals surface area contributed by atoms with Crippen molar-refractivity contribution >= 4 is 0 Å². The molecule has 0 aromatic rings. The fourth-order valence-electron chi connectivity index (χ4n) is 3.77. The summed E-state index contributed by atoms with van der Waals surface area (Å²) in [5, 5.41) is 0. The second-order valence-electron chi connectivity index (χ2n) is 6.57. The molecule has 0 radical (unpaired) electrons. The molecule has 0 N–H and O–H groups in total. The summed E-state index contributed by atoms with van der Waals surface area (Å²) in [6.45, 7) is 10.6. The van der Waals surface area contributed by atoms with Crippen LogP contribution in [0.3, 0.4) is 0 Å². The van der Waals surface area contributed by atoms with Gasteiger partial charge in [-0.05, 0) is 38.6 Å². The number of nitrogens with zero attached hydrogens (tertiary/aromatic N) is 2. The Kier molecular flexibility index (Phi) is 3.18. The lowest BCUT2D eigenvalue weighted by atomic mass is 10.0. The number of hydrogen-bond acceptors (Lipinski definition) is 3. The average Bonchev–Trinajstić information content (AvgIpc) is 2.82. The third kappa shape index (κ3) is 2.51. The van der Waals surface area contributed by atoms with Crippen LogP contribution in [0.25, 0.3) is 0 Å². The zero-order valence-corrected chi connectivity index (χ0v) is 11.3. The molecule has 2 saturated heterocycles. The molecule has 1 aliphatic carbocycles. The van der Waals surface area contributed by atoms with E-state index in [9.17, 15) is 0 Å². The Labute approximate surface area is 105 Å². The molecule has 3 heteroatoms. The molecule has 2 atom stereocenters. The Balaban J connectivity index is 1.48. The van der Waals surface area contributed by atoms with Gasteiger partial charge in [0.25, 0.3) is 0 Å². The van der Waals surface area contributed by atoms with E-state index >= 15 is 0 Å². The number of fused-ring (bicyclic) bond motifs is 1. The van der Waals surface area contributed by atoms with Crippen molar-refractivity contribution in [2.24, 2.45) is 17.3 Å². The molecular formula is C14H26N2O. The highest BCUT2D eigenvalue weighted by atomic mass is 16.5. The van der Waals surface area contributed by atoms with Gasteiger partial charge in [-0.25, -0.2) is 0 Å². The number of ether oxygens (including phenoxy) is 1. The first-order valence-electron chi connectivity index (χ1n) is 7.19. The maximum absolute atomic E-state index is 5.65. The number of rotatable bonds is 5. The fourth-order valence-corrected chi connectivity index (χ4v) is 3.77. The summed E-state index contributed by atoms with van der Waals surface area (Å²) < 4.78 is 5.65. The molecule has 3 aliphatic rings. The molecule has 3 fully saturated rings. The summed E-state index contributed by atoms with van der Waals surface area (Å²) >= 11 is 0. The lowest BCUT2D eigenvalue weighted by Crippen LogP contribution is -2.33. The van der Waals surface area contributed by atoms with Gasteiger partial charge in [-0.3, -0.25) is 0 Å². The first-order chi connectivity index (χ1) is 8.21. The maximum atomic E-state index is 5.65. The van der Waals surface area contributed by atoms with E-state index in [1.54, 1.807) is 0 Å². The van der Waals surface area contributed by atoms with Crippen molar-refractivity contribution in [3.8, 4) is 0 Å². The summed E-state index contributed by atoms with van der Waals surface area (Å²) in [5.41, 5.74) is 0.542. The van der Waals surface area contributed by atoms with Crippen LogP contribution < -0.4 is 0 Å². The molecule has 2 aliphatic heterocycles. The Morgan fingerprint density at radius 2 is 1.76 bits per heavy atom. The summed E-state index contributed by atoms with van der Waals surface area (Å²) in [4.78, 5) is 5.22. The summed E-state index contributed by atoms with van der Waals surface area (Å²) in [7, 11) is 2.26. The van der Waals surface area contributed by atoms with Gasteiger partial charge < -0.3 is 14.5 Å². The second kappa shape index (κ2) is 4.52. The first-order valence-corrected chi connectivity index (χ1v) is 7.19. The van der Waals surface area contributed by atoms with E-state index in [2.05, 4.69) is 23.8 Å². The van der Waals surface area contributed by atoms with Crippen molar-refractivity contribution in [2.75, 3.05) is 53.0 Å². The number of likely N-dealkylation sites (tertiary alicyclic amines) is 2. The van der Waals surface area contributed by atoms with Crippen LogP contribution in [-0.4, -0.2) is 62.8 Å². The van der Waals surface area contributed by atoms with Gasteiger partial charge in [-0.2, -0.15) is 0 Å². The molecule has 0 bridgehead atoms. The molecule has 2 unspecified atom stereocenters. The molecule has 3 rings (SSSR count). The van der Waals surface area contributed by atoms with Crippen LogP contribution >= 0.6 is 0 Å². The smallest absolute Gasteiger partial charge is 0.0534 e.